The number of hydrogen-bond acceptors (Lipinski definition) is 10. The Morgan fingerprint density at radius 1 is 0.812 bits per heavy atom. The second kappa shape index (κ2) is 17.6. The standard InChI is InChI=1S/C35H44N2O9.2Na/c1-6-20-19-36-9-7-21-13-29(43-2)31(45-4)17-25(21)27(36)11-23(20)12-28-26-18-32(46-5)30(44-3)14-22(26)8-10-37(28)33(38)15-24(35(41)42)16-34(39)40;;/h13-15,17-18,20,23,27-28H,6-12,16,19H2,1-5H3,(H,39,40)(H,41,42);;/q;2*+1/p-2/b24-15-;;/t20-,23+,27-,28+;;/m0../s1. The summed E-state index contributed by atoms with van der Waals surface area (Å²) in [6, 6.07) is 7.79. The predicted octanol–water partition coefficient (Wildman–Crippen LogP) is -3.99. The SMILES string of the molecule is CC[C@H]1CN2CCc3cc(OC)c(OC)cc3[C@@H]2C[C@@H]1C[C@@H]1c2cc(OC)c(OC)cc2CCN1C(=O)/C=C(/CC(=O)[O-])C(=O)[O-].[Na+].[Na+]. The minimum Gasteiger partial charge on any atom is -0.550 e. The fourth-order valence-corrected chi connectivity index (χ4v) is 7.66. The van der Waals surface area contributed by atoms with Crippen LogP contribution < -0.4 is 88.3 Å². The van der Waals surface area contributed by atoms with Gasteiger partial charge in [0.05, 0.1) is 40.5 Å². The van der Waals surface area contributed by atoms with E-state index in [1.54, 1.807) is 33.3 Å². The zero-order valence-electron chi connectivity index (χ0n) is 29.1. The summed E-state index contributed by atoms with van der Waals surface area (Å²) in [5.41, 5.74) is 3.79. The van der Waals surface area contributed by atoms with Gasteiger partial charge in [-0.05, 0) is 89.6 Å². The van der Waals surface area contributed by atoms with Crippen molar-refractivity contribution in [3.8, 4) is 23.0 Å². The van der Waals surface area contributed by atoms with Gasteiger partial charge >= 0.3 is 59.1 Å². The molecule has 11 nitrogen and oxygen atoms in total. The minimum atomic E-state index is -1.71. The molecule has 0 saturated carbocycles. The molecule has 0 spiro atoms. The molecule has 13 heteroatoms. The Morgan fingerprint density at radius 2 is 1.35 bits per heavy atom. The molecule has 2 aromatic carbocycles. The molecule has 0 radical (unpaired) electrons. The molecule has 3 aliphatic rings. The number of carboxylic acids is 2. The maximum absolute atomic E-state index is 13.8. The van der Waals surface area contributed by atoms with Crippen LogP contribution in [0.3, 0.4) is 0 Å². The summed E-state index contributed by atoms with van der Waals surface area (Å²) in [6.07, 6.45) is 3.86. The molecule has 48 heavy (non-hydrogen) atoms. The van der Waals surface area contributed by atoms with E-state index in [0.29, 0.717) is 48.3 Å². The van der Waals surface area contributed by atoms with Gasteiger partial charge in [0.15, 0.2) is 23.0 Å². The number of nitrogens with zero attached hydrogens (tertiary/aromatic N) is 2. The fourth-order valence-electron chi connectivity index (χ4n) is 7.66. The van der Waals surface area contributed by atoms with Crippen molar-refractivity contribution in [3.63, 3.8) is 0 Å². The predicted molar refractivity (Wildman–Crippen MR) is 164 cm³/mol. The van der Waals surface area contributed by atoms with Gasteiger partial charge in [0.2, 0.25) is 5.91 Å². The van der Waals surface area contributed by atoms with Gasteiger partial charge in [-0.25, -0.2) is 0 Å². The number of hydrogen-bond donors (Lipinski definition) is 0. The van der Waals surface area contributed by atoms with Crippen LogP contribution in [0.15, 0.2) is 35.9 Å². The second-order valence-corrected chi connectivity index (χ2v) is 12.3. The van der Waals surface area contributed by atoms with E-state index in [4.69, 9.17) is 18.9 Å². The molecule has 3 aliphatic heterocycles. The van der Waals surface area contributed by atoms with Crippen molar-refractivity contribution in [3.05, 3.63) is 58.2 Å². The summed E-state index contributed by atoms with van der Waals surface area (Å²) >= 11 is 0. The Balaban J connectivity index is 0.00000312. The van der Waals surface area contributed by atoms with E-state index >= 15 is 0 Å². The van der Waals surface area contributed by atoms with Crippen LogP contribution in [-0.2, 0) is 27.2 Å². The van der Waals surface area contributed by atoms with Gasteiger partial charge in [0.25, 0.3) is 0 Å². The van der Waals surface area contributed by atoms with E-state index in [9.17, 15) is 24.6 Å². The average molecular weight is 681 g/mol. The van der Waals surface area contributed by atoms with Crippen LogP contribution in [-0.4, -0.2) is 75.7 Å². The molecule has 0 bridgehead atoms. The number of piperidine rings is 1. The first-order valence-electron chi connectivity index (χ1n) is 15.8. The molecule has 4 atom stereocenters. The Morgan fingerprint density at radius 3 is 1.90 bits per heavy atom. The maximum Gasteiger partial charge on any atom is 1.00 e. The minimum absolute atomic E-state index is 0. The van der Waals surface area contributed by atoms with Crippen molar-refractivity contribution < 1.29 is 103 Å². The zero-order chi connectivity index (χ0) is 33.1. The van der Waals surface area contributed by atoms with Crippen molar-refractivity contribution in [2.45, 2.75) is 57.5 Å². The summed E-state index contributed by atoms with van der Waals surface area (Å²) in [7, 11) is 6.43. The number of methoxy groups -OCH3 is 4. The van der Waals surface area contributed by atoms with Gasteiger partial charge in [0.1, 0.15) is 0 Å². The number of carboxylic acid groups (broad SMARTS) is 2. The number of amides is 1. The van der Waals surface area contributed by atoms with Crippen molar-refractivity contribution >= 4 is 17.8 Å². The number of carbonyl (C=O) groups is 3. The van der Waals surface area contributed by atoms with Gasteiger partial charge < -0.3 is 43.6 Å². The van der Waals surface area contributed by atoms with Gasteiger partial charge in [-0.3, -0.25) is 9.69 Å². The fraction of sp³-hybridized carbons (Fsp3) is 0.514. The third-order valence-electron chi connectivity index (χ3n) is 10.0. The first-order chi connectivity index (χ1) is 22.1. The summed E-state index contributed by atoms with van der Waals surface area (Å²) in [5, 5.41) is 22.9. The smallest absolute Gasteiger partial charge is 0.550 e. The molecule has 2 aromatic rings. The first kappa shape index (κ1) is 40.2. The number of ether oxygens (including phenoxy) is 4. The van der Waals surface area contributed by atoms with Gasteiger partial charge in [-0.15, -0.1) is 0 Å². The van der Waals surface area contributed by atoms with Crippen molar-refractivity contribution in [2.24, 2.45) is 11.8 Å². The van der Waals surface area contributed by atoms with E-state index in [2.05, 4.69) is 24.0 Å². The molecule has 0 N–H and O–H groups in total. The monoisotopic (exact) mass is 680 g/mol. The average Bonchev–Trinajstić information content (AvgIpc) is 3.05. The quantitative estimate of drug-likeness (QED) is 0.171. The second-order valence-electron chi connectivity index (χ2n) is 12.3. The molecule has 5 rings (SSSR count). The molecular formula is C35H42N2Na2O9. The van der Waals surface area contributed by atoms with Crippen LogP contribution in [0.2, 0.25) is 0 Å². The molecule has 3 heterocycles. The zero-order valence-corrected chi connectivity index (χ0v) is 33.1. The van der Waals surface area contributed by atoms with E-state index in [1.807, 2.05) is 12.1 Å². The molecule has 0 aliphatic carbocycles. The van der Waals surface area contributed by atoms with Crippen LogP contribution in [0.4, 0.5) is 0 Å². The molecule has 248 valence electrons. The van der Waals surface area contributed by atoms with E-state index in [-0.39, 0.29) is 71.1 Å². The summed E-state index contributed by atoms with van der Waals surface area (Å²) in [4.78, 5) is 40.9. The van der Waals surface area contributed by atoms with Gasteiger partial charge in [-0.2, -0.15) is 0 Å². The Hall–Kier alpha value is -2.25. The van der Waals surface area contributed by atoms with Crippen molar-refractivity contribution in [1.29, 1.82) is 0 Å². The number of aliphatic carboxylic acids is 2. The first-order valence-corrected chi connectivity index (χ1v) is 15.8. The Bertz CT molecular complexity index is 1530. The number of benzene rings is 2. The third kappa shape index (κ3) is 8.37. The van der Waals surface area contributed by atoms with Crippen molar-refractivity contribution in [1.82, 2.24) is 9.80 Å². The molecule has 0 aromatic heterocycles. The van der Waals surface area contributed by atoms with Crippen molar-refractivity contribution in [2.75, 3.05) is 48.1 Å². The van der Waals surface area contributed by atoms with E-state index in [0.717, 1.165) is 49.6 Å². The van der Waals surface area contributed by atoms with Gasteiger partial charge in [0, 0.05) is 44.1 Å². The van der Waals surface area contributed by atoms with E-state index < -0.39 is 35.9 Å². The van der Waals surface area contributed by atoms with Gasteiger partial charge in [-0.1, -0.05) is 13.3 Å². The molecule has 1 amide bonds. The topological polar surface area (TPSA) is 141 Å². The summed E-state index contributed by atoms with van der Waals surface area (Å²) in [5.74, 6) is -0.749. The number of fused-ring (bicyclic) bond motifs is 4. The Kier molecular flexibility index (Phi) is 14.7. The molecule has 1 fully saturated rings. The molecular weight excluding hydrogens is 638 g/mol. The summed E-state index contributed by atoms with van der Waals surface area (Å²) < 4.78 is 22.5. The molecule has 0 unspecified atom stereocenters. The number of rotatable bonds is 11. The van der Waals surface area contributed by atoms with Crippen LogP contribution in [0, 0.1) is 11.8 Å². The Labute approximate surface area is 326 Å². The maximum atomic E-state index is 13.8. The third-order valence-corrected chi connectivity index (χ3v) is 10.0. The van der Waals surface area contributed by atoms with Crippen LogP contribution in [0.5, 0.6) is 23.0 Å². The van der Waals surface area contributed by atoms with E-state index in [1.165, 1.54) is 11.1 Å². The summed E-state index contributed by atoms with van der Waals surface area (Å²) in [6.45, 7) is 4.39. The van der Waals surface area contributed by atoms with Crippen LogP contribution in [0.25, 0.3) is 0 Å². The van der Waals surface area contributed by atoms with Crippen LogP contribution in [0.1, 0.15) is 66.9 Å². The largest absolute Gasteiger partial charge is 1.00 e. The molecule has 1 saturated heterocycles. The number of carbonyl (C=O) groups excluding carboxylic acids is 3. The van der Waals surface area contributed by atoms with Crippen LogP contribution >= 0.6 is 0 Å². The normalized spacial score (nSPS) is 21.7.